The molecule has 218 valence electrons. The third-order valence-electron chi connectivity index (χ3n) is 9.15. The van der Waals surface area contributed by atoms with Crippen molar-refractivity contribution >= 4 is 74.2 Å². The summed E-state index contributed by atoms with van der Waals surface area (Å²) < 4.78 is 5.62. The van der Waals surface area contributed by atoms with Crippen LogP contribution in [0.1, 0.15) is 41.6 Å². The van der Waals surface area contributed by atoms with Crippen LogP contribution in [0.2, 0.25) is 0 Å². The SMILES string of the molecule is COc1cc([C@H]2C3=CC[C@@H]4C(=O)N(c5ccc(C(C)=O)cc5)C(=O)[C@@H]4[C@@H]3C[C@@]3(Cl)C(=O)N(C)C(=O)[C@@]23Cl)cc(Br)c1O. The molecule has 0 aromatic heterocycles. The molecular weight excluding hydrogens is 651 g/mol. The smallest absolute Gasteiger partial charge is 0.253 e. The first-order chi connectivity index (χ1) is 19.8. The molecule has 12 heteroatoms. The number of likely N-dealkylation sites (tertiary alicyclic amines) is 1. The number of carbonyl (C=O) groups is 5. The lowest BCUT2D eigenvalue weighted by Crippen LogP contribution is -2.60. The summed E-state index contributed by atoms with van der Waals surface area (Å²) in [5.74, 6) is -5.68. The maximum atomic E-state index is 14.1. The molecule has 0 radical (unpaired) electrons. The van der Waals surface area contributed by atoms with Crippen LogP contribution in [0.5, 0.6) is 11.5 Å². The number of methoxy groups -OCH3 is 1. The van der Waals surface area contributed by atoms with Gasteiger partial charge in [0.1, 0.15) is 0 Å². The second kappa shape index (κ2) is 9.65. The molecule has 6 rings (SSSR count). The lowest BCUT2D eigenvalue weighted by molar-refractivity contribution is -0.138. The third-order valence-corrected chi connectivity index (χ3v) is 11.2. The Bertz CT molecular complexity index is 1640. The molecule has 2 heterocycles. The zero-order valence-corrected chi connectivity index (χ0v) is 25.8. The van der Waals surface area contributed by atoms with E-state index in [0.29, 0.717) is 22.4 Å². The number of allylic oxidation sites excluding steroid dienone is 2. The highest BCUT2D eigenvalue weighted by atomic mass is 79.9. The van der Waals surface area contributed by atoms with Gasteiger partial charge in [0, 0.05) is 18.5 Å². The number of aromatic hydroxyl groups is 1. The molecule has 0 spiro atoms. The predicted molar refractivity (Wildman–Crippen MR) is 157 cm³/mol. The molecule has 2 saturated heterocycles. The summed E-state index contributed by atoms with van der Waals surface area (Å²) in [6.45, 7) is 1.43. The maximum absolute atomic E-state index is 14.1. The van der Waals surface area contributed by atoms with E-state index in [1.807, 2.05) is 6.08 Å². The maximum Gasteiger partial charge on any atom is 0.253 e. The van der Waals surface area contributed by atoms with Crippen LogP contribution in [-0.2, 0) is 19.2 Å². The van der Waals surface area contributed by atoms with Crippen LogP contribution in [0.15, 0.2) is 52.5 Å². The molecule has 2 aliphatic carbocycles. The number of nitrogens with zero attached hydrogens (tertiary/aromatic N) is 2. The van der Waals surface area contributed by atoms with Crippen LogP contribution in [0, 0.1) is 17.8 Å². The number of amides is 4. The molecule has 4 aliphatic rings. The van der Waals surface area contributed by atoms with E-state index in [4.69, 9.17) is 27.9 Å². The number of phenolic OH excluding ortho intramolecular Hbond substituents is 1. The topological polar surface area (TPSA) is 121 Å². The van der Waals surface area contributed by atoms with Gasteiger partial charge in [-0.2, -0.15) is 0 Å². The third kappa shape index (κ3) is 3.64. The van der Waals surface area contributed by atoms with Crippen molar-refractivity contribution in [3.05, 3.63) is 63.6 Å². The van der Waals surface area contributed by atoms with E-state index in [0.717, 1.165) is 9.80 Å². The fourth-order valence-corrected chi connectivity index (χ4v) is 8.61. The van der Waals surface area contributed by atoms with Gasteiger partial charge in [-0.1, -0.05) is 11.6 Å². The lowest BCUT2D eigenvalue weighted by atomic mass is 9.56. The largest absolute Gasteiger partial charge is 0.503 e. The monoisotopic (exact) mass is 674 g/mol. The van der Waals surface area contributed by atoms with Crippen molar-refractivity contribution in [2.24, 2.45) is 17.8 Å². The van der Waals surface area contributed by atoms with E-state index in [9.17, 15) is 29.1 Å². The van der Waals surface area contributed by atoms with E-state index in [1.54, 1.807) is 30.3 Å². The fraction of sp³-hybridized carbons (Fsp3) is 0.367. The summed E-state index contributed by atoms with van der Waals surface area (Å²) >= 11 is 17.7. The van der Waals surface area contributed by atoms with Gasteiger partial charge in [0.25, 0.3) is 11.8 Å². The van der Waals surface area contributed by atoms with Crippen LogP contribution in [-0.4, -0.2) is 63.3 Å². The first kappa shape index (κ1) is 28.9. The molecule has 2 aromatic rings. The highest BCUT2D eigenvalue weighted by Crippen LogP contribution is 2.65. The Morgan fingerprint density at radius 3 is 2.33 bits per heavy atom. The normalized spacial score (nSPS) is 32.0. The number of benzene rings is 2. The van der Waals surface area contributed by atoms with Crippen molar-refractivity contribution in [3.63, 3.8) is 0 Å². The van der Waals surface area contributed by atoms with E-state index >= 15 is 0 Å². The van der Waals surface area contributed by atoms with Gasteiger partial charge in [-0.25, -0.2) is 0 Å². The summed E-state index contributed by atoms with van der Waals surface area (Å²) in [7, 11) is 2.69. The highest BCUT2D eigenvalue weighted by molar-refractivity contribution is 9.10. The van der Waals surface area contributed by atoms with Crippen LogP contribution in [0.25, 0.3) is 0 Å². The minimum atomic E-state index is -1.95. The molecule has 42 heavy (non-hydrogen) atoms. The second-order valence-electron chi connectivity index (χ2n) is 11.2. The number of carbonyl (C=O) groups excluding carboxylic acids is 5. The molecule has 1 saturated carbocycles. The number of fused-ring (bicyclic) bond motifs is 4. The number of ketones is 1. The molecule has 2 aromatic carbocycles. The average molecular weight is 676 g/mol. The van der Waals surface area contributed by atoms with Crippen LogP contribution in [0.4, 0.5) is 5.69 Å². The standard InChI is InChI=1S/C30H25BrCl2N2O7/c1-13(36)14-4-6-16(7-5-14)35-25(38)18-9-8-17-19(22(18)26(35)39)12-29(32)27(40)34(2)28(41)30(29,33)23(17)15-10-20(31)24(37)21(11-15)42-3/h4-8,10-11,18-19,22-23,37H,9,12H2,1-3H3/t18-,19+,22-,23-,29+,30-/m0/s1. The molecule has 0 unspecified atom stereocenters. The average Bonchev–Trinajstić information content (AvgIpc) is 3.29. The quantitative estimate of drug-likeness (QED) is 0.218. The minimum absolute atomic E-state index is 0.105. The summed E-state index contributed by atoms with van der Waals surface area (Å²) in [4.78, 5) is 65.0. The Morgan fingerprint density at radius 2 is 1.71 bits per heavy atom. The summed E-state index contributed by atoms with van der Waals surface area (Å²) in [6.07, 6.45) is 1.90. The predicted octanol–water partition coefficient (Wildman–Crippen LogP) is 4.56. The van der Waals surface area contributed by atoms with Crippen molar-refractivity contribution in [2.75, 3.05) is 19.1 Å². The van der Waals surface area contributed by atoms with Crippen molar-refractivity contribution < 1.29 is 33.8 Å². The zero-order chi connectivity index (χ0) is 30.5. The molecule has 3 fully saturated rings. The first-order valence-corrected chi connectivity index (χ1v) is 14.8. The van der Waals surface area contributed by atoms with E-state index in [2.05, 4.69) is 15.9 Å². The highest BCUT2D eigenvalue weighted by Gasteiger charge is 2.76. The van der Waals surface area contributed by atoms with E-state index < -0.39 is 57.0 Å². The first-order valence-electron chi connectivity index (χ1n) is 13.2. The van der Waals surface area contributed by atoms with Crippen LogP contribution >= 0.6 is 39.1 Å². The Hall–Kier alpha value is -3.21. The van der Waals surface area contributed by atoms with Crippen molar-refractivity contribution in [2.45, 2.75) is 35.4 Å². The Balaban J connectivity index is 1.50. The number of hydrogen-bond acceptors (Lipinski definition) is 7. The molecule has 2 aliphatic heterocycles. The van der Waals surface area contributed by atoms with E-state index in [-0.39, 0.29) is 34.6 Å². The summed E-state index contributed by atoms with van der Waals surface area (Å²) in [6, 6.07) is 9.35. The van der Waals surface area contributed by atoms with Crippen LogP contribution < -0.4 is 9.64 Å². The number of Topliss-reactive ketones (excluding diaryl/α,β-unsaturated/α-hetero) is 1. The molecule has 9 nitrogen and oxygen atoms in total. The van der Waals surface area contributed by atoms with Gasteiger partial charge in [0.05, 0.1) is 29.1 Å². The van der Waals surface area contributed by atoms with Gasteiger partial charge in [-0.05, 0) is 83.6 Å². The number of alkyl halides is 2. The number of hydrogen-bond donors (Lipinski definition) is 1. The summed E-state index contributed by atoms with van der Waals surface area (Å²) in [5.41, 5.74) is 1.84. The molecule has 6 atom stereocenters. The number of phenols is 1. The van der Waals surface area contributed by atoms with Crippen molar-refractivity contribution in [3.8, 4) is 11.5 Å². The van der Waals surface area contributed by atoms with Crippen molar-refractivity contribution in [1.29, 1.82) is 0 Å². The number of anilines is 1. The van der Waals surface area contributed by atoms with Gasteiger partial charge in [-0.3, -0.25) is 33.8 Å². The molecule has 1 N–H and O–H groups in total. The van der Waals surface area contributed by atoms with Gasteiger partial charge in [0.15, 0.2) is 27.0 Å². The number of ether oxygens (including phenoxy) is 1. The van der Waals surface area contributed by atoms with Gasteiger partial charge < -0.3 is 9.84 Å². The van der Waals surface area contributed by atoms with Gasteiger partial charge >= 0.3 is 0 Å². The van der Waals surface area contributed by atoms with Crippen molar-refractivity contribution in [1.82, 2.24) is 4.90 Å². The number of imide groups is 2. The molecular formula is C30H25BrCl2N2O7. The minimum Gasteiger partial charge on any atom is -0.503 e. The Kier molecular flexibility index (Phi) is 6.64. The zero-order valence-electron chi connectivity index (χ0n) is 22.7. The molecule has 0 bridgehead atoms. The lowest BCUT2D eigenvalue weighted by Gasteiger charge is -2.50. The molecule has 4 amide bonds. The van der Waals surface area contributed by atoms with Gasteiger partial charge in [0.2, 0.25) is 11.8 Å². The fourth-order valence-electron chi connectivity index (χ4n) is 7.13. The van der Waals surface area contributed by atoms with E-state index in [1.165, 1.54) is 27.1 Å². The van der Waals surface area contributed by atoms with Gasteiger partial charge in [-0.15, -0.1) is 23.2 Å². The Labute approximate surface area is 259 Å². The summed E-state index contributed by atoms with van der Waals surface area (Å²) in [5, 5.41) is 10.5. The van der Waals surface area contributed by atoms with Crippen LogP contribution in [0.3, 0.4) is 0 Å². The number of halogens is 3. The Morgan fingerprint density at radius 1 is 1.05 bits per heavy atom. The number of rotatable bonds is 4. The second-order valence-corrected chi connectivity index (χ2v) is 13.3.